The highest BCUT2D eigenvalue weighted by Crippen LogP contribution is 2.26. The van der Waals surface area contributed by atoms with Gasteiger partial charge in [0.15, 0.2) is 17.3 Å². The fourth-order valence-electron chi connectivity index (χ4n) is 3.49. The van der Waals surface area contributed by atoms with Crippen LogP contribution in [0.15, 0.2) is 18.2 Å². The first-order valence-electron chi connectivity index (χ1n) is 11.2. The Labute approximate surface area is 176 Å². The number of benzene rings is 1. The Morgan fingerprint density at radius 2 is 1.36 bits per heavy atom. The number of unbranched alkanes of at least 4 members (excludes halogenated alkanes) is 10. The van der Waals surface area contributed by atoms with E-state index in [0.29, 0.717) is 17.4 Å². The molecule has 160 valence electrons. The molecule has 0 radical (unpaired) electrons. The minimum absolute atomic E-state index is 0.0193. The number of phenolic OH excluding ortho intramolecular Hbond substituents is 2. The van der Waals surface area contributed by atoms with Gasteiger partial charge in [-0.1, -0.05) is 77.6 Å². The SMILES string of the molecule is CCCCCCCCCC(Cl)CCCCCCCC(=O)c1ccc(O)c(O)c1. The zero-order chi connectivity index (χ0) is 20.6. The summed E-state index contributed by atoms with van der Waals surface area (Å²) in [6.45, 7) is 2.25. The molecule has 1 atom stereocenters. The Kier molecular flexibility index (Phi) is 13.9. The topological polar surface area (TPSA) is 57.5 Å². The molecule has 1 aromatic rings. The molecule has 3 nitrogen and oxygen atoms in total. The van der Waals surface area contributed by atoms with Gasteiger partial charge in [0.1, 0.15) is 0 Å². The first kappa shape index (κ1) is 24.8. The van der Waals surface area contributed by atoms with Gasteiger partial charge in [0.2, 0.25) is 0 Å². The molecule has 0 spiro atoms. The van der Waals surface area contributed by atoms with Crippen LogP contribution >= 0.6 is 11.6 Å². The molecule has 0 aromatic heterocycles. The number of aromatic hydroxyl groups is 2. The van der Waals surface area contributed by atoms with Crippen LogP contribution in [0.3, 0.4) is 0 Å². The van der Waals surface area contributed by atoms with Crippen LogP contribution in [-0.2, 0) is 0 Å². The summed E-state index contributed by atoms with van der Waals surface area (Å²) < 4.78 is 0. The van der Waals surface area contributed by atoms with E-state index in [1.54, 1.807) is 6.07 Å². The molecule has 0 aliphatic rings. The van der Waals surface area contributed by atoms with Crippen molar-refractivity contribution in [2.24, 2.45) is 0 Å². The first-order chi connectivity index (χ1) is 13.5. The molecular weight excluding hydrogens is 372 g/mol. The lowest BCUT2D eigenvalue weighted by Gasteiger charge is -2.09. The number of rotatable bonds is 17. The fourth-order valence-corrected chi connectivity index (χ4v) is 3.80. The third kappa shape index (κ3) is 11.6. The highest BCUT2D eigenvalue weighted by molar-refractivity contribution is 6.20. The Morgan fingerprint density at radius 3 is 1.93 bits per heavy atom. The van der Waals surface area contributed by atoms with Crippen LogP contribution in [0, 0.1) is 0 Å². The summed E-state index contributed by atoms with van der Waals surface area (Å²) in [4.78, 5) is 12.1. The second-order valence-corrected chi connectivity index (χ2v) is 8.56. The number of carbonyl (C=O) groups is 1. The van der Waals surface area contributed by atoms with Gasteiger partial charge in [-0.15, -0.1) is 11.6 Å². The van der Waals surface area contributed by atoms with Crippen LogP contribution < -0.4 is 0 Å². The summed E-state index contributed by atoms with van der Waals surface area (Å²) in [7, 11) is 0. The molecule has 4 heteroatoms. The van der Waals surface area contributed by atoms with Gasteiger partial charge in [0.05, 0.1) is 0 Å². The van der Waals surface area contributed by atoms with Crippen molar-refractivity contribution in [3.63, 3.8) is 0 Å². The van der Waals surface area contributed by atoms with Gasteiger partial charge < -0.3 is 10.2 Å². The average molecular weight is 411 g/mol. The molecule has 0 saturated heterocycles. The molecule has 1 aromatic carbocycles. The van der Waals surface area contributed by atoms with E-state index in [-0.39, 0.29) is 17.3 Å². The molecule has 0 saturated carbocycles. The van der Waals surface area contributed by atoms with Gasteiger partial charge in [-0.3, -0.25) is 4.79 Å². The van der Waals surface area contributed by atoms with E-state index in [9.17, 15) is 15.0 Å². The van der Waals surface area contributed by atoms with E-state index in [1.807, 2.05) is 0 Å². The average Bonchev–Trinajstić information content (AvgIpc) is 2.68. The van der Waals surface area contributed by atoms with E-state index in [2.05, 4.69) is 6.92 Å². The molecule has 28 heavy (non-hydrogen) atoms. The molecule has 0 aliphatic carbocycles. The Hall–Kier alpha value is -1.22. The number of ketones is 1. The molecule has 0 fully saturated rings. The number of phenols is 2. The first-order valence-corrected chi connectivity index (χ1v) is 11.7. The summed E-state index contributed by atoms with van der Waals surface area (Å²) in [5.74, 6) is -0.412. The number of alkyl halides is 1. The lowest BCUT2D eigenvalue weighted by molar-refractivity contribution is 0.0978. The maximum Gasteiger partial charge on any atom is 0.163 e. The van der Waals surface area contributed by atoms with E-state index in [4.69, 9.17) is 11.6 Å². The standard InChI is InChI=1S/C24H39ClO3/c1-2-3-4-5-6-8-11-14-21(25)15-12-9-7-10-13-16-22(26)20-17-18-23(27)24(28)19-20/h17-19,21,27-28H,2-16H2,1H3. The summed E-state index contributed by atoms with van der Waals surface area (Å²) >= 11 is 6.43. The second-order valence-electron chi connectivity index (χ2n) is 7.94. The molecule has 0 heterocycles. The Bertz CT molecular complexity index is 545. The van der Waals surface area contributed by atoms with Crippen molar-refractivity contribution in [1.82, 2.24) is 0 Å². The van der Waals surface area contributed by atoms with Crippen molar-refractivity contribution in [2.45, 2.75) is 109 Å². The molecule has 0 amide bonds. The van der Waals surface area contributed by atoms with Crippen LogP contribution in [0.1, 0.15) is 114 Å². The Morgan fingerprint density at radius 1 is 0.821 bits per heavy atom. The lowest BCUT2D eigenvalue weighted by Crippen LogP contribution is -1.99. The quantitative estimate of drug-likeness (QED) is 0.119. The normalized spacial score (nSPS) is 12.2. The maximum atomic E-state index is 12.1. The van der Waals surface area contributed by atoms with Crippen LogP contribution in [0.4, 0.5) is 0 Å². The van der Waals surface area contributed by atoms with Gasteiger partial charge >= 0.3 is 0 Å². The second kappa shape index (κ2) is 15.7. The number of hydrogen-bond acceptors (Lipinski definition) is 3. The van der Waals surface area contributed by atoms with Crippen LogP contribution in [0.2, 0.25) is 0 Å². The van der Waals surface area contributed by atoms with Crippen LogP contribution in [-0.4, -0.2) is 21.4 Å². The van der Waals surface area contributed by atoms with E-state index >= 15 is 0 Å². The van der Waals surface area contributed by atoms with E-state index in [0.717, 1.165) is 32.1 Å². The van der Waals surface area contributed by atoms with Gasteiger partial charge in [-0.2, -0.15) is 0 Å². The van der Waals surface area contributed by atoms with Gasteiger partial charge in [-0.05, 0) is 37.5 Å². The highest BCUT2D eigenvalue weighted by Gasteiger charge is 2.09. The third-order valence-electron chi connectivity index (χ3n) is 5.34. The van der Waals surface area contributed by atoms with Crippen molar-refractivity contribution < 1.29 is 15.0 Å². The van der Waals surface area contributed by atoms with Crippen molar-refractivity contribution in [2.75, 3.05) is 0 Å². The molecular formula is C24H39ClO3. The van der Waals surface area contributed by atoms with Crippen molar-refractivity contribution in [1.29, 1.82) is 0 Å². The van der Waals surface area contributed by atoms with E-state index < -0.39 is 0 Å². The summed E-state index contributed by atoms with van der Waals surface area (Å²) in [5, 5.41) is 19.1. The highest BCUT2D eigenvalue weighted by atomic mass is 35.5. The number of Topliss-reactive ketones (excluding diaryl/α,β-unsaturated/α-hetero) is 1. The predicted octanol–water partition coefficient (Wildman–Crippen LogP) is 7.76. The number of carbonyl (C=O) groups excluding carboxylic acids is 1. The number of halogens is 1. The van der Waals surface area contributed by atoms with Gasteiger partial charge in [0, 0.05) is 17.4 Å². The number of hydrogen-bond donors (Lipinski definition) is 2. The molecule has 1 rings (SSSR count). The predicted molar refractivity (Wildman–Crippen MR) is 119 cm³/mol. The summed E-state index contributed by atoms with van der Waals surface area (Å²) in [5.41, 5.74) is 0.464. The van der Waals surface area contributed by atoms with Crippen LogP contribution in [0.5, 0.6) is 11.5 Å². The molecule has 0 bridgehead atoms. The molecule has 0 aliphatic heterocycles. The Balaban J connectivity index is 1.95. The van der Waals surface area contributed by atoms with Crippen LogP contribution in [0.25, 0.3) is 0 Å². The third-order valence-corrected chi connectivity index (χ3v) is 5.78. The smallest absolute Gasteiger partial charge is 0.163 e. The van der Waals surface area contributed by atoms with Crippen molar-refractivity contribution in [3.8, 4) is 11.5 Å². The van der Waals surface area contributed by atoms with Crippen molar-refractivity contribution in [3.05, 3.63) is 23.8 Å². The zero-order valence-corrected chi connectivity index (χ0v) is 18.4. The van der Waals surface area contributed by atoms with Crippen molar-refractivity contribution >= 4 is 17.4 Å². The largest absolute Gasteiger partial charge is 0.504 e. The fraction of sp³-hybridized carbons (Fsp3) is 0.708. The van der Waals surface area contributed by atoms with E-state index in [1.165, 1.54) is 69.9 Å². The zero-order valence-electron chi connectivity index (χ0n) is 17.6. The minimum Gasteiger partial charge on any atom is -0.504 e. The minimum atomic E-state index is -0.238. The lowest BCUT2D eigenvalue weighted by atomic mass is 10.0. The maximum absolute atomic E-state index is 12.1. The molecule has 1 unspecified atom stereocenters. The summed E-state index contributed by atoms with van der Waals surface area (Å²) in [6, 6.07) is 4.25. The van der Waals surface area contributed by atoms with Gasteiger partial charge in [0.25, 0.3) is 0 Å². The monoisotopic (exact) mass is 410 g/mol. The molecule has 2 N–H and O–H groups in total. The van der Waals surface area contributed by atoms with Gasteiger partial charge in [-0.25, -0.2) is 0 Å². The summed E-state index contributed by atoms with van der Waals surface area (Å²) in [6.07, 6.45) is 17.5.